The molecule has 1 atom stereocenters. The lowest BCUT2D eigenvalue weighted by molar-refractivity contribution is -0.157. The van der Waals surface area contributed by atoms with Crippen molar-refractivity contribution in [1.29, 1.82) is 0 Å². The van der Waals surface area contributed by atoms with Gasteiger partial charge in [-0.2, -0.15) is 0 Å². The summed E-state index contributed by atoms with van der Waals surface area (Å²) in [5.74, 6) is 0.343. The molecule has 0 aromatic heterocycles. The van der Waals surface area contributed by atoms with Gasteiger partial charge in [0.15, 0.2) is 6.10 Å². The average molecular weight is 234 g/mol. The zero-order valence-electron chi connectivity index (χ0n) is 10.1. The quantitative estimate of drug-likeness (QED) is 0.710. The molecule has 0 saturated heterocycles. The minimum absolute atomic E-state index is 0.292. The lowest BCUT2D eigenvalue weighted by atomic mass is 10.1. The van der Waals surface area contributed by atoms with Gasteiger partial charge >= 0.3 is 5.97 Å². The maximum Gasteiger partial charge on any atom is 0.339 e. The molecule has 1 aromatic rings. The van der Waals surface area contributed by atoms with Crippen LogP contribution in [-0.4, -0.2) is 19.2 Å². The van der Waals surface area contributed by atoms with E-state index >= 15 is 0 Å². The first-order valence-corrected chi connectivity index (χ1v) is 6.14. The maximum absolute atomic E-state index is 11.8. The van der Waals surface area contributed by atoms with E-state index in [0.29, 0.717) is 19.1 Å². The molecule has 0 bridgehead atoms. The Morgan fingerprint density at radius 1 is 1.35 bits per heavy atom. The van der Waals surface area contributed by atoms with Crippen LogP contribution in [0.4, 0.5) is 0 Å². The third-order valence-electron chi connectivity index (χ3n) is 2.80. The molecule has 1 aromatic carbocycles. The number of esters is 1. The third-order valence-corrected chi connectivity index (χ3v) is 2.80. The fourth-order valence-corrected chi connectivity index (χ4v) is 1.66. The van der Waals surface area contributed by atoms with E-state index in [1.807, 2.05) is 30.3 Å². The number of hydrogen-bond donors (Lipinski definition) is 0. The Labute approximate surface area is 102 Å². The van der Waals surface area contributed by atoms with Gasteiger partial charge < -0.3 is 9.47 Å². The van der Waals surface area contributed by atoms with Gasteiger partial charge in [0.2, 0.25) is 0 Å². The molecular weight excluding hydrogens is 216 g/mol. The van der Waals surface area contributed by atoms with Crippen LogP contribution >= 0.6 is 0 Å². The Balaban J connectivity index is 2.02. The van der Waals surface area contributed by atoms with Crippen molar-refractivity contribution in [1.82, 2.24) is 0 Å². The minimum atomic E-state index is -0.572. The van der Waals surface area contributed by atoms with E-state index in [2.05, 4.69) is 0 Å². The van der Waals surface area contributed by atoms with Crippen molar-refractivity contribution in [2.24, 2.45) is 5.92 Å². The highest BCUT2D eigenvalue weighted by Crippen LogP contribution is 2.31. The van der Waals surface area contributed by atoms with Crippen molar-refractivity contribution in [3.63, 3.8) is 0 Å². The van der Waals surface area contributed by atoms with Crippen molar-refractivity contribution in [2.45, 2.75) is 25.9 Å². The zero-order valence-corrected chi connectivity index (χ0v) is 10.1. The average Bonchev–Trinajstić information content (AvgIpc) is 3.15. The van der Waals surface area contributed by atoms with Gasteiger partial charge in [-0.1, -0.05) is 30.3 Å². The van der Waals surface area contributed by atoms with Crippen LogP contribution in [0.5, 0.6) is 0 Å². The molecule has 1 unspecified atom stereocenters. The van der Waals surface area contributed by atoms with E-state index in [9.17, 15) is 4.79 Å². The highest BCUT2D eigenvalue weighted by atomic mass is 16.6. The summed E-state index contributed by atoms with van der Waals surface area (Å²) in [5, 5.41) is 0. The number of benzene rings is 1. The molecule has 17 heavy (non-hydrogen) atoms. The number of hydrogen-bond acceptors (Lipinski definition) is 3. The van der Waals surface area contributed by atoms with Crippen LogP contribution in [0.15, 0.2) is 30.3 Å². The molecule has 0 heterocycles. The highest BCUT2D eigenvalue weighted by molar-refractivity contribution is 5.76. The van der Waals surface area contributed by atoms with Gasteiger partial charge in [-0.05, 0) is 31.2 Å². The van der Waals surface area contributed by atoms with Gasteiger partial charge in [0.05, 0.1) is 13.2 Å². The molecule has 1 saturated carbocycles. The summed E-state index contributed by atoms with van der Waals surface area (Å²) in [5.41, 5.74) is 0.867. The van der Waals surface area contributed by atoms with Crippen LogP contribution in [0.1, 0.15) is 31.4 Å². The molecule has 0 radical (unpaired) electrons. The number of carbonyl (C=O) groups is 1. The fourth-order valence-electron chi connectivity index (χ4n) is 1.66. The van der Waals surface area contributed by atoms with Gasteiger partial charge in [0, 0.05) is 0 Å². The molecular formula is C14H18O3. The molecule has 3 heteroatoms. The van der Waals surface area contributed by atoms with Crippen molar-refractivity contribution >= 4 is 5.97 Å². The monoisotopic (exact) mass is 234 g/mol. The molecule has 0 aliphatic heterocycles. The first-order chi connectivity index (χ1) is 8.31. The molecule has 0 N–H and O–H groups in total. The Hall–Kier alpha value is -1.35. The largest absolute Gasteiger partial charge is 0.464 e. The second-order valence-corrected chi connectivity index (χ2v) is 4.32. The second kappa shape index (κ2) is 5.82. The first kappa shape index (κ1) is 12.1. The molecule has 1 aliphatic rings. The summed E-state index contributed by atoms with van der Waals surface area (Å²) in [4.78, 5) is 11.8. The highest BCUT2D eigenvalue weighted by Gasteiger charge is 2.27. The van der Waals surface area contributed by atoms with E-state index in [4.69, 9.17) is 9.47 Å². The van der Waals surface area contributed by atoms with E-state index in [-0.39, 0.29) is 5.97 Å². The van der Waals surface area contributed by atoms with Crippen LogP contribution in [0.3, 0.4) is 0 Å². The van der Waals surface area contributed by atoms with E-state index in [1.165, 1.54) is 12.8 Å². The molecule has 92 valence electrons. The lowest BCUT2D eigenvalue weighted by Crippen LogP contribution is -2.20. The van der Waals surface area contributed by atoms with Gasteiger partial charge in [0.1, 0.15) is 0 Å². The SMILES string of the molecule is CCOC(=O)C(OCC1CC1)c1ccccc1. The molecule has 1 aliphatic carbocycles. The minimum Gasteiger partial charge on any atom is -0.464 e. The number of rotatable bonds is 6. The van der Waals surface area contributed by atoms with Gasteiger partial charge in [-0.15, -0.1) is 0 Å². The third kappa shape index (κ3) is 3.56. The number of ether oxygens (including phenoxy) is 2. The molecule has 3 nitrogen and oxygen atoms in total. The molecule has 0 amide bonds. The molecule has 0 spiro atoms. The normalized spacial score (nSPS) is 16.5. The van der Waals surface area contributed by atoms with E-state index in [0.717, 1.165) is 5.56 Å². The lowest BCUT2D eigenvalue weighted by Gasteiger charge is -2.16. The fraction of sp³-hybridized carbons (Fsp3) is 0.500. The van der Waals surface area contributed by atoms with Crippen LogP contribution in [-0.2, 0) is 14.3 Å². The van der Waals surface area contributed by atoms with Crippen LogP contribution in [0.25, 0.3) is 0 Å². The van der Waals surface area contributed by atoms with Gasteiger partial charge in [0.25, 0.3) is 0 Å². The summed E-state index contributed by atoms with van der Waals surface area (Å²) in [6.45, 7) is 2.84. The Morgan fingerprint density at radius 2 is 2.06 bits per heavy atom. The van der Waals surface area contributed by atoms with Crippen molar-refractivity contribution < 1.29 is 14.3 Å². The predicted molar refractivity (Wildman–Crippen MR) is 64.5 cm³/mol. The summed E-state index contributed by atoms with van der Waals surface area (Å²) in [7, 11) is 0. The summed E-state index contributed by atoms with van der Waals surface area (Å²) in [6.07, 6.45) is 1.85. The summed E-state index contributed by atoms with van der Waals surface area (Å²) >= 11 is 0. The first-order valence-electron chi connectivity index (χ1n) is 6.14. The van der Waals surface area contributed by atoms with Crippen LogP contribution < -0.4 is 0 Å². The van der Waals surface area contributed by atoms with E-state index < -0.39 is 6.10 Å². The zero-order chi connectivity index (χ0) is 12.1. The smallest absolute Gasteiger partial charge is 0.339 e. The standard InChI is InChI=1S/C14H18O3/c1-2-16-14(15)13(17-10-11-8-9-11)12-6-4-3-5-7-12/h3-7,11,13H,2,8-10H2,1H3. The van der Waals surface area contributed by atoms with Crippen molar-refractivity contribution in [2.75, 3.05) is 13.2 Å². The maximum atomic E-state index is 11.8. The van der Waals surface area contributed by atoms with Gasteiger partial charge in [-0.25, -0.2) is 4.79 Å². The Bertz CT molecular complexity index is 357. The number of carbonyl (C=O) groups excluding carboxylic acids is 1. The van der Waals surface area contributed by atoms with Crippen molar-refractivity contribution in [3.8, 4) is 0 Å². The Morgan fingerprint density at radius 3 is 2.65 bits per heavy atom. The second-order valence-electron chi connectivity index (χ2n) is 4.32. The summed E-state index contributed by atoms with van der Waals surface area (Å²) < 4.78 is 10.7. The van der Waals surface area contributed by atoms with Crippen molar-refractivity contribution in [3.05, 3.63) is 35.9 Å². The van der Waals surface area contributed by atoms with Gasteiger partial charge in [-0.3, -0.25) is 0 Å². The molecule has 2 rings (SSSR count). The predicted octanol–water partition coefficient (Wildman–Crippen LogP) is 2.72. The van der Waals surface area contributed by atoms with Crippen LogP contribution in [0, 0.1) is 5.92 Å². The Kier molecular flexibility index (Phi) is 4.15. The van der Waals surface area contributed by atoms with Crippen LogP contribution in [0.2, 0.25) is 0 Å². The summed E-state index contributed by atoms with van der Waals surface area (Å²) in [6, 6.07) is 9.53. The molecule has 1 fully saturated rings. The van der Waals surface area contributed by atoms with E-state index in [1.54, 1.807) is 6.92 Å². The topological polar surface area (TPSA) is 35.5 Å².